The quantitative estimate of drug-likeness (QED) is 0.562. The fourth-order valence-corrected chi connectivity index (χ4v) is 2.92. The van der Waals surface area contributed by atoms with Crippen molar-refractivity contribution in [3.05, 3.63) is 0 Å². The first kappa shape index (κ1) is 12.9. The molecule has 2 saturated heterocycles. The number of likely N-dealkylation sites (tertiary alicyclic amines) is 1. The minimum atomic E-state index is -1.43. The van der Waals surface area contributed by atoms with Crippen molar-refractivity contribution >= 4 is 13.0 Å². The molecule has 2 heterocycles. The van der Waals surface area contributed by atoms with Crippen LogP contribution in [-0.4, -0.2) is 53.0 Å². The van der Waals surface area contributed by atoms with Gasteiger partial charge >= 0.3 is 7.12 Å². The van der Waals surface area contributed by atoms with Gasteiger partial charge in [0.2, 0.25) is 5.91 Å². The van der Waals surface area contributed by atoms with Gasteiger partial charge in [0, 0.05) is 6.54 Å². The summed E-state index contributed by atoms with van der Waals surface area (Å²) in [7, 11) is -1.43. The van der Waals surface area contributed by atoms with Gasteiger partial charge in [-0.3, -0.25) is 4.79 Å². The van der Waals surface area contributed by atoms with Crippen LogP contribution in [0.5, 0.6) is 0 Å². The summed E-state index contributed by atoms with van der Waals surface area (Å²) in [6, 6.07) is -0.193. The Morgan fingerprint density at radius 2 is 2.18 bits per heavy atom. The van der Waals surface area contributed by atoms with Crippen LogP contribution in [0.15, 0.2) is 0 Å². The number of carbonyl (C=O) groups excluding carboxylic acids is 1. The van der Waals surface area contributed by atoms with E-state index < -0.39 is 13.1 Å². The van der Waals surface area contributed by atoms with E-state index in [1.54, 1.807) is 4.90 Å². The molecule has 2 aliphatic heterocycles. The Labute approximate surface area is 102 Å². The van der Waals surface area contributed by atoms with E-state index in [0.29, 0.717) is 13.0 Å². The average Bonchev–Trinajstić information content (AvgIpc) is 2.82. The van der Waals surface area contributed by atoms with Gasteiger partial charge in [-0.2, -0.15) is 0 Å². The van der Waals surface area contributed by atoms with Crippen molar-refractivity contribution in [1.29, 1.82) is 0 Å². The van der Waals surface area contributed by atoms with Gasteiger partial charge < -0.3 is 20.3 Å². The van der Waals surface area contributed by atoms with E-state index >= 15 is 0 Å². The molecule has 1 amide bonds. The molecule has 0 radical (unpaired) electrons. The SMILES string of the molecule is CC1(C)CCNC1C(=O)N1CCCC1B(O)O. The highest BCUT2D eigenvalue weighted by atomic mass is 16.4. The second-order valence-electron chi connectivity index (χ2n) is 5.78. The van der Waals surface area contributed by atoms with E-state index in [0.717, 1.165) is 19.4 Å². The first-order chi connectivity index (χ1) is 7.93. The summed E-state index contributed by atoms with van der Waals surface area (Å²) in [5.41, 5.74) is -0.0510. The maximum absolute atomic E-state index is 12.4. The number of nitrogens with zero attached hydrogens (tertiary/aromatic N) is 1. The van der Waals surface area contributed by atoms with Crippen molar-refractivity contribution in [2.24, 2.45) is 5.41 Å². The fraction of sp³-hybridized carbons (Fsp3) is 0.909. The highest BCUT2D eigenvalue weighted by molar-refractivity contribution is 6.43. The zero-order valence-corrected chi connectivity index (χ0v) is 10.5. The molecule has 2 unspecified atom stereocenters. The maximum atomic E-state index is 12.4. The molecule has 0 aromatic carbocycles. The van der Waals surface area contributed by atoms with Crippen LogP contribution < -0.4 is 5.32 Å². The molecular weight excluding hydrogens is 219 g/mol. The Morgan fingerprint density at radius 1 is 1.47 bits per heavy atom. The fourth-order valence-electron chi connectivity index (χ4n) is 2.92. The number of hydrogen-bond donors (Lipinski definition) is 3. The van der Waals surface area contributed by atoms with E-state index in [9.17, 15) is 14.8 Å². The molecule has 5 nitrogen and oxygen atoms in total. The second-order valence-corrected chi connectivity index (χ2v) is 5.78. The predicted molar refractivity (Wildman–Crippen MR) is 65.1 cm³/mol. The molecule has 2 aliphatic rings. The third-order valence-corrected chi connectivity index (χ3v) is 4.07. The van der Waals surface area contributed by atoms with Gasteiger partial charge in [0.25, 0.3) is 0 Å². The third-order valence-electron chi connectivity index (χ3n) is 4.07. The van der Waals surface area contributed by atoms with Crippen molar-refractivity contribution in [3.63, 3.8) is 0 Å². The Bertz CT molecular complexity index is 309. The van der Waals surface area contributed by atoms with Crippen LogP contribution in [0.25, 0.3) is 0 Å². The topological polar surface area (TPSA) is 72.8 Å². The van der Waals surface area contributed by atoms with Crippen molar-refractivity contribution in [3.8, 4) is 0 Å². The van der Waals surface area contributed by atoms with Crippen molar-refractivity contribution < 1.29 is 14.8 Å². The van der Waals surface area contributed by atoms with E-state index in [2.05, 4.69) is 19.2 Å². The minimum Gasteiger partial charge on any atom is -0.426 e. The minimum absolute atomic E-state index is 0.0168. The lowest BCUT2D eigenvalue weighted by atomic mass is 9.77. The Morgan fingerprint density at radius 3 is 2.71 bits per heavy atom. The highest BCUT2D eigenvalue weighted by Gasteiger charge is 2.45. The second kappa shape index (κ2) is 4.59. The van der Waals surface area contributed by atoms with Gasteiger partial charge in [-0.25, -0.2) is 0 Å². The molecule has 2 rings (SSSR count). The summed E-state index contributed by atoms with van der Waals surface area (Å²) < 4.78 is 0. The lowest BCUT2D eigenvalue weighted by Gasteiger charge is -2.32. The maximum Gasteiger partial charge on any atom is 0.475 e. The molecule has 2 fully saturated rings. The zero-order chi connectivity index (χ0) is 12.6. The lowest BCUT2D eigenvalue weighted by Crippen LogP contribution is -2.54. The van der Waals surface area contributed by atoms with Gasteiger partial charge in [0.15, 0.2) is 0 Å². The van der Waals surface area contributed by atoms with Crippen molar-refractivity contribution in [2.45, 2.75) is 45.1 Å². The summed E-state index contributed by atoms with van der Waals surface area (Å²) in [4.78, 5) is 14.1. The van der Waals surface area contributed by atoms with Crippen LogP contribution in [0.2, 0.25) is 0 Å². The van der Waals surface area contributed by atoms with E-state index in [1.807, 2.05) is 0 Å². The number of nitrogens with one attached hydrogen (secondary N) is 1. The van der Waals surface area contributed by atoms with Crippen LogP contribution in [0.1, 0.15) is 33.1 Å². The number of amides is 1. The molecule has 0 spiro atoms. The monoisotopic (exact) mass is 240 g/mol. The number of hydrogen-bond acceptors (Lipinski definition) is 4. The first-order valence-corrected chi connectivity index (χ1v) is 6.33. The van der Waals surface area contributed by atoms with Gasteiger partial charge in [0.05, 0.1) is 12.0 Å². The lowest BCUT2D eigenvalue weighted by molar-refractivity contribution is -0.135. The summed E-state index contributed by atoms with van der Waals surface area (Å²) in [5, 5.41) is 21.8. The molecule has 2 atom stereocenters. The average molecular weight is 240 g/mol. The third kappa shape index (κ3) is 2.34. The normalized spacial score (nSPS) is 31.9. The van der Waals surface area contributed by atoms with Gasteiger partial charge in [-0.05, 0) is 31.2 Å². The number of carbonyl (C=O) groups is 1. The molecule has 0 bridgehead atoms. The van der Waals surface area contributed by atoms with Crippen LogP contribution in [-0.2, 0) is 4.79 Å². The molecule has 0 aromatic rings. The molecule has 0 saturated carbocycles. The molecule has 0 aliphatic carbocycles. The van der Waals surface area contributed by atoms with E-state index in [4.69, 9.17) is 0 Å². The zero-order valence-electron chi connectivity index (χ0n) is 10.5. The Hall–Kier alpha value is -0.585. The van der Waals surface area contributed by atoms with Gasteiger partial charge in [-0.15, -0.1) is 0 Å². The van der Waals surface area contributed by atoms with Crippen molar-refractivity contribution in [1.82, 2.24) is 10.2 Å². The summed E-state index contributed by atoms with van der Waals surface area (Å²) in [6.45, 7) is 5.64. The van der Waals surface area contributed by atoms with Crippen molar-refractivity contribution in [2.75, 3.05) is 13.1 Å². The van der Waals surface area contributed by atoms with Crippen LogP contribution in [0.3, 0.4) is 0 Å². The van der Waals surface area contributed by atoms with E-state index in [-0.39, 0.29) is 17.4 Å². The largest absolute Gasteiger partial charge is 0.475 e. The Kier molecular flexibility index (Phi) is 3.47. The summed E-state index contributed by atoms with van der Waals surface area (Å²) in [6.07, 6.45) is 2.50. The van der Waals surface area contributed by atoms with Gasteiger partial charge in [0.1, 0.15) is 0 Å². The van der Waals surface area contributed by atoms with Crippen LogP contribution in [0.4, 0.5) is 0 Å². The highest BCUT2D eigenvalue weighted by Crippen LogP contribution is 2.32. The Balaban J connectivity index is 2.09. The molecule has 3 N–H and O–H groups in total. The molecular formula is C11H21BN2O3. The first-order valence-electron chi connectivity index (χ1n) is 6.33. The standard InChI is InChI=1S/C11H21BN2O3/c1-11(2)5-6-13-9(11)10(15)14-7-3-4-8(14)12(16)17/h8-9,13,16-17H,3-7H2,1-2H3. The number of rotatable bonds is 2. The van der Waals surface area contributed by atoms with Crippen LogP contribution in [0, 0.1) is 5.41 Å². The molecule has 96 valence electrons. The molecule has 17 heavy (non-hydrogen) atoms. The molecule has 6 heteroatoms. The van der Waals surface area contributed by atoms with Crippen LogP contribution >= 0.6 is 0 Å². The summed E-state index contributed by atoms with van der Waals surface area (Å²) in [5.74, 6) is -0.413. The van der Waals surface area contributed by atoms with E-state index in [1.165, 1.54) is 0 Å². The predicted octanol–water partition coefficient (Wildman–Crippen LogP) is -0.622. The smallest absolute Gasteiger partial charge is 0.426 e. The molecule has 0 aromatic heterocycles. The van der Waals surface area contributed by atoms with Gasteiger partial charge in [-0.1, -0.05) is 13.8 Å². The summed E-state index contributed by atoms with van der Waals surface area (Å²) >= 11 is 0.